The van der Waals surface area contributed by atoms with Crippen molar-refractivity contribution in [3.05, 3.63) is 0 Å². The Bertz CT molecular complexity index is 394. The highest BCUT2D eigenvalue weighted by Gasteiger charge is 2.32. The van der Waals surface area contributed by atoms with E-state index < -0.39 is 10.0 Å². The lowest BCUT2D eigenvalue weighted by atomic mass is 9.98. The van der Waals surface area contributed by atoms with E-state index in [9.17, 15) is 13.2 Å². The van der Waals surface area contributed by atoms with Crippen molar-refractivity contribution in [3.63, 3.8) is 0 Å². The number of rotatable bonds is 4. The third kappa shape index (κ3) is 3.23. The Morgan fingerprint density at radius 2 is 1.67 bits per heavy atom. The molecule has 0 spiro atoms. The molecular weight excluding hydrogens is 252 g/mol. The maximum absolute atomic E-state index is 12.2. The Kier molecular flexibility index (Phi) is 4.27. The molecule has 1 aliphatic carbocycles. The minimum atomic E-state index is -3.13. The summed E-state index contributed by atoms with van der Waals surface area (Å²) in [4.78, 5) is 11.0. The molecule has 0 bridgehead atoms. The first-order valence-corrected chi connectivity index (χ1v) is 8.37. The van der Waals surface area contributed by atoms with Gasteiger partial charge in [0, 0.05) is 19.0 Å². The molecule has 0 radical (unpaired) electrons. The first kappa shape index (κ1) is 13.8. The predicted octanol–water partition coefficient (Wildman–Crippen LogP) is 0.704. The number of amides is 1. The van der Waals surface area contributed by atoms with Crippen LogP contribution in [0.1, 0.15) is 38.5 Å². The lowest BCUT2D eigenvalue weighted by Gasteiger charge is -2.30. The maximum Gasteiger partial charge on any atom is 0.220 e. The highest BCUT2D eigenvalue weighted by atomic mass is 32.2. The summed E-state index contributed by atoms with van der Waals surface area (Å²) in [6, 6.07) is 0. The van der Waals surface area contributed by atoms with Crippen molar-refractivity contribution in [2.24, 2.45) is 17.6 Å². The van der Waals surface area contributed by atoms with Crippen molar-refractivity contribution in [1.29, 1.82) is 0 Å². The van der Waals surface area contributed by atoms with Crippen LogP contribution in [0.25, 0.3) is 0 Å². The molecule has 18 heavy (non-hydrogen) atoms. The molecule has 0 aromatic rings. The van der Waals surface area contributed by atoms with Crippen LogP contribution in [0.2, 0.25) is 0 Å². The van der Waals surface area contributed by atoms with Gasteiger partial charge in [-0.3, -0.25) is 4.79 Å². The summed E-state index contributed by atoms with van der Waals surface area (Å²) < 4.78 is 26.0. The zero-order chi connectivity index (χ0) is 13.2. The Balaban J connectivity index is 1.89. The molecular formula is C12H22N2O3S. The third-order valence-corrected chi connectivity index (χ3v) is 6.22. The fourth-order valence-corrected chi connectivity index (χ4v) is 4.91. The van der Waals surface area contributed by atoms with Crippen molar-refractivity contribution in [1.82, 2.24) is 4.31 Å². The summed E-state index contributed by atoms with van der Waals surface area (Å²) in [6.07, 6.45) is 5.53. The number of piperidine rings is 1. The van der Waals surface area contributed by atoms with Crippen LogP contribution in [-0.2, 0) is 14.8 Å². The lowest BCUT2D eigenvalue weighted by Crippen LogP contribution is -2.43. The Hall–Kier alpha value is -0.620. The number of hydrogen-bond acceptors (Lipinski definition) is 3. The highest BCUT2D eigenvalue weighted by Crippen LogP contribution is 2.28. The van der Waals surface area contributed by atoms with Crippen molar-refractivity contribution in [2.75, 3.05) is 18.8 Å². The quantitative estimate of drug-likeness (QED) is 0.819. The van der Waals surface area contributed by atoms with Crippen LogP contribution in [0, 0.1) is 11.8 Å². The number of primary amides is 1. The average Bonchev–Trinajstić information content (AvgIpc) is 2.81. The summed E-state index contributed by atoms with van der Waals surface area (Å²) in [5.74, 6) is 0.170. The molecule has 0 aromatic heterocycles. The topological polar surface area (TPSA) is 80.5 Å². The van der Waals surface area contributed by atoms with Crippen molar-refractivity contribution in [2.45, 2.75) is 38.5 Å². The van der Waals surface area contributed by atoms with Gasteiger partial charge in [-0.1, -0.05) is 12.8 Å². The standard InChI is InChI=1S/C12H22N2O3S/c13-12(15)11-5-7-14(8-6-11)18(16,17)9-10-3-1-2-4-10/h10-11H,1-9H2,(H2,13,15). The second kappa shape index (κ2) is 5.57. The van der Waals surface area contributed by atoms with Gasteiger partial charge in [-0.2, -0.15) is 0 Å². The lowest BCUT2D eigenvalue weighted by molar-refractivity contribution is -0.122. The molecule has 0 aromatic carbocycles. The Morgan fingerprint density at radius 3 is 2.17 bits per heavy atom. The molecule has 0 atom stereocenters. The number of nitrogens with two attached hydrogens (primary N) is 1. The van der Waals surface area contributed by atoms with Gasteiger partial charge in [0.2, 0.25) is 15.9 Å². The van der Waals surface area contributed by atoms with Crippen molar-refractivity contribution < 1.29 is 13.2 Å². The van der Waals surface area contributed by atoms with E-state index in [0.29, 0.717) is 31.8 Å². The van der Waals surface area contributed by atoms with Crippen LogP contribution in [0.15, 0.2) is 0 Å². The van der Waals surface area contributed by atoms with Crippen LogP contribution >= 0.6 is 0 Å². The second-order valence-corrected chi connectivity index (χ2v) is 7.52. The van der Waals surface area contributed by atoms with E-state index >= 15 is 0 Å². The largest absolute Gasteiger partial charge is 0.369 e. The van der Waals surface area contributed by atoms with Gasteiger partial charge < -0.3 is 5.73 Å². The van der Waals surface area contributed by atoms with E-state index in [1.807, 2.05) is 0 Å². The van der Waals surface area contributed by atoms with E-state index in [4.69, 9.17) is 5.73 Å². The summed E-state index contributed by atoms with van der Waals surface area (Å²) in [5, 5.41) is 0. The molecule has 2 rings (SSSR count). The monoisotopic (exact) mass is 274 g/mol. The van der Waals surface area contributed by atoms with Crippen LogP contribution in [0.4, 0.5) is 0 Å². The number of hydrogen-bond donors (Lipinski definition) is 1. The molecule has 1 saturated heterocycles. The van der Waals surface area contributed by atoms with Gasteiger partial charge in [-0.15, -0.1) is 0 Å². The molecule has 5 nitrogen and oxygen atoms in total. The third-order valence-electron chi connectivity index (χ3n) is 4.17. The van der Waals surface area contributed by atoms with Gasteiger partial charge in [0.25, 0.3) is 0 Å². The highest BCUT2D eigenvalue weighted by molar-refractivity contribution is 7.89. The van der Waals surface area contributed by atoms with Gasteiger partial charge in [0.1, 0.15) is 0 Å². The fourth-order valence-electron chi connectivity index (χ4n) is 3.00. The molecule has 6 heteroatoms. The number of nitrogens with zero attached hydrogens (tertiary/aromatic N) is 1. The molecule has 1 heterocycles. The summed E-state index contributed by atoms with van der Waals surface area (Å²) in [5.41, 5.74) is 5.25. The minimum Gasteiger partial charge on any atom is -0.369 e. The Morgan fingerprint density at radius 1 is 1.11 bits per heavy atom. The van der Waals surface area contributed by atoms with E-state index in [1.54, 1.807) is 4.31 Å². The van der Waals surface area contributed by atoms with Crippen molar-refractivity contribution in [3.8, 4) is 0 Å². The van der Waals surface area contributed by atoms with Gasteiger partial charge in [0.15, 0.2) is 0 Å². The summed E-state index contributed by atoms with van der Waals surface area (Å²) in [6.45, 7) is 0.894. The number of carbonyl (C=O) groups is 1. The van der Waals surface area contributed by atoms with Crippen LogP contribution in [0.5, 0.6) is 0 Å². The number of sulfonamides is 1. The molecule has 1 saturated carbocycles. The molecule has 104 valence electrons. The van der Waals surface area contributed by atoms with E-state index in [-0.39, 0.29) is 17.6 Å². The van der Waals surface area contributed by atoms with Gasteiger partial charge in [-0.25, -0.2) is 12.7 Å². The molecule has 1 aliphatic heterocycles. The first-order valence-electron chi connectivity index (χ1n) is 6.76. The predicted molar refractivity (Wildman–Crippen MR) is 69.2 cm³/mol. The van der Waals surface area contributed by atoms with E-state index in [0.717, 1.165) is 25.7 Å². The molecule has 1 amide bonds. The molecule has 2 fully saturated rings. The van der Waals surface area contributed by atoms with Crippen LogP contribution in [-0.4, -0.2) is 37.5 Å². The fraction of sp³-hybridized carbons (Fsp3) is 0.917. The SMILES string of the molecule is NC(=O)C1CCN(S(=O)(=O)CC2CCCC2)CC1. The average molecular weight is 274 g/mol. The van der Waals surface area contributed by atoms with Crippen LogP contribution < -0.4 is 5.73 Å². The summed E-state index contributed by atoms with van der Waals surface area (Å²) in [7, 11) is -3.13. The van der Waals surface area contributed by atoms with Crippen molar-refractivity contribution >= 4 is 15.9 Å². The van der Waals surface area contributed by atoms with Gasteiger partial charge >= 0.3 is 0 Å². The second-order valence-electron chi connectivity index (χ2n) is 5.50. The maximum atomic E-state index is 12.2. The van der Waals surface area contributed by atoms with Gasteiger partial charge in [-0.05, 0) is 31.6 Å². The molecule has 0 unspecified atom stereocenters. The minimum absolute atomic E-state index is 0.150. The zero-order valence-electron chi connectivity index (χ0n) is 10.7. The molecule has 2 N–H and O–H groups in total. The van der Waals surface area contributed by atoms with Crippen LogP contribution in [0.3, 0.4) is 0 Å². The van der Waals surface area contributed by atoms with E-state index in [2.05, 4.69) is 0 Å². The number of carbonyl (C=O) groups excluding carboxylic acids is 1. The van der Waals surface area contributed by atoms with E-state index in [1.165, 1.54) is 0 Å². The van der Waals surface area contributed by atoms with Gasteiger partial charge in [0.05, 0.1) is 5.75 Å². The Labute approximate surface area is 109 Å². The zero-order valence-corrected chi connectivity index (χ0v) is 11.5. The smallest absolute Gasteiger partial charge is 0.220 e. The summed E-state index contributed by atoms with van der Waals surface area (Å²) >= 11 is 0. The first-order chi connectivity index (χ1) is 8.49. The normalized spacial score (nSPS) is 24.4. The molecule has 2 aliphatic rings.